The normalized spacial score (nSPS) is 29.5. The van der Waals surface area contributed by atoms with Crippen LogP contribution in [0.25, 0.3) is 0 Å². The highest BCUT2D eigenvalue weighted by Crippen LogP contribution is 2.44. The molecule has 0 N–H and O–H groups in total. The predicted molar refractivity (Wildman–Crippen MR) is 72.4 cm³/mol. The highest BCUT2D eigenvalue weighted by molar-refractivity contribution is 7.11. The van der Waals surface area contributed by atoms with Crippen molar-refractivity contribution in [2.45, 2.75) is 58.5 Å². The molecule has 1 heterocycles. The Morgan fingerprint density at radius 1 is 1.53 bits per heavy atom. The Morgan fingerprint density at radius 3 is 2.94 bits per heavy atom. The van der Waals surface area contributed by atoms with Crippen LogP contribution in [0.1, 0.15) is 56.3 Å². The van der Waals surface area contributed by atoms with Gasteiger partial charge in [-0.05, 0) is 38.5 Å². The summed E-state index contributed by atoms with van der Waals surface area (Å²) in [6, 6.07) is 0. The average Bonchev–Trinajstić information content (AvgIpc) is 2.78. The lowest BCUT2D eigenvalue weighted by atomic mass is 9.79. The van der Waals surface area contributed by atoms with Crippen molar-refractivity contribution in [3.63, 3.8) is 0 Å². The molecule has 96 valence electrons. The van der Waals surface area contributed by atoms with Crippen molar-refractivity contribution in [2.75, 3.05) is 6.61 Å². The van der Waals surface area contributed by atoms with E-state index in [4.69, 9.17) is 4.74 Å². The van der Waals surface area contributed by atoms with Crippen LogP contribution in [-0.4, -0.2) is 11.6 Å². The fraction of sp³-hybridized carbons (Fsp3) is 0.786. The summed E-state index contributed by atoms with van der Waals surface area (Å²) >= 11 is 1.84. The Hall–Kier alpha value is -0.410. The fourth-order valence-electron chi connectivity index (χ4n) is 2.85. The molecule has 0 aliphatic heterocycles. The first-order chi connectivity index (χ1) is 8.20. The highest BCUT2D eigenvalue weighted by atomic mass is 32.1. The molecule has 1 aromatic heterocycles. The van der Waals surface area contributed by atoms with Gasteiger partial charge in [-0.2, -0.15) is 0 Å². The van der Waals surface area contributed by atoms with Crippen LogP contribution in [0.2, 0.25) is 0 Å². The third-order valence-corrected chi connectivity index (χ3v) is 5.00. The van der Waals surface area contributed by atoms with Crippen molar-refractivity contribution in [3.05, 3.63) is 16.1 Å². The lowest BCUT2D eigenvalue weighted by molar-refractivity contribution is -0.0820. The van der Waals surface area contributed by atoms with Gasteiger partial charge in [-0.3, -0.25) is 0 Å². The second-order valence-corrected chi connectivity index (χ2v) is 6.23. The number of rotatable bonds is 4. The van der Waals surface area contributed by atoms with Crippen LogP contribution in [0.15, 0.2) is 6.20 Å². The molecule has 0 aromatic carbocycles. The zero-order chi connectivity index (χ0) is 12.3. The molecule has 2 unspecified atom stereocenters. The molecule has 0 bridgehead atoms. The molecule has 2 rings (SSSR count). The molecule has 2 atom stereocenters. The summed E-state index contributed by atoms with van der Waals surface area (Å²) in [5.41, 5.74) is -0.0789. The number of ether oxygens (including phenoxy) is 1. The quantitative estimate of drug-likeness (QED) is 0.804. The average molecular weight is 253 g/mol. The van der Waals surface area contributed by atoms with Crippen molar-refractivity contribution in [2.24, 2.45) is 5.92 Å². The predicted octanol–water partition coefficient (Wildman–Crippen LogP) is 4.15. The molecule has 2 nitrogen and oxygen atoms in total. The molecule has 1 aromatic rings. The van der Waals surface area contributed by atoms with Crippen molar-refractivity contribution in [1.29, 1.82) is 0 Å². The number of nitrogens with zero attached hydrogens (tertiary/aromatic N) is 1. The van der Waals surface area contributed by atoms with Crippen molar-refractivity contribution in [3.8, 4) is 0 Å². The minimum atomic E-state index is -0.0789. The van der Waals surface area contributed by atoms with Gasteiger partial charge < -0.3 is 4.74 Å². The minimum absolute atomic E-state index is 0.0789. The van der Waals surface area contributed by atoms with Gasteiger partial charge in [-0.15, -0.1) is 11.3 Å². The van der Waals surface area contributed by atoms with Gasteiger partial charge >= 0.3 is 0 Å². The smallest absolute Gasteiger partial charge is 0.125 e. The van der Waals surface area contributed by atoms with Crippen LogP contribution in [-0.2, 0) is 16.8 Å². The maximum absolute atomic E-state index is 6.13. The third-order valence-electron chi connectivity index (χ3n) is 3.67. The number of hydrogen-bond acceptors (Lipinski definition) is 3. The van der Waals surface area contributed by atoms with Gasteiger partial charge in [0.1, 0.15) is 10.6 Å². The van der Waals surface area contributed by atoms with Gasteiger partial charge in [0, 0.05) is 17.7 Å². The maximum atomic E-state index is 6.13. The van der Waals surface area contributed by atoms with E-state index >= 15 is 0 Å². The Balaban J connectivity index is 2.26. The number of hydrogen-bond donors (Lipinski definition) is 0. The maximum Gasteiger partial charge on any atom is 0.125 e. The van der Waals surface area contributed by atoms with E-state index in [0.29, 0.717) is 0 Å². The van der Waals surface area contributed by atoms with Gasteiger partial charge in [0.25, 0.3) is 0 Å². The van der Waals surface area contributed by atoms with Crippen LogP contribution >= 0.6 is 11.3 Å². The molecule has 3 heteroatoms. The summed E-state index contributed by atoms with van der Waals surface area (Å²) in [6.45, 7) is 7.40. The Bertz CT molecular complexity index is 359. The van der Waals surface area contributed by atoms with E-state index in [-0.39, 0.29) is 5.60 Å². The largest absolute Gasteiger partial charge is 0.368 e. The first-order valence-electron chi connectivity index (χ1n) is 6.79. The molecule has 1 aliphatic rings. The highest BCUT2D eigenvalue weighted by Gasteiger charge is 2.39. The summed E-state index contributed by atoms with van der Waals surface area (Å²) in [6.07, 6.45) is 7.98. The molecule has 0 saturated heterocycles. The van der Waals surface area contributed by atoms with E-state index in [0.717, 1.165) is 31.8 Å². The Labute approximate surface area is 108 Å². The molecular formula is C14H23NOS. The van der Waals surface area contributed by atoms with Crippen LogP contribution in [0.4, 0.5) is 0 Å². The molecule has 0 radical (unpaired) electrons. The SMILES string of the molecule is CCOC1(c2ncc(CC)s2)CCCC(C)C1. The monoisotopic (exact) mass is 253 g/mol. The summed E-state index contributed by atoms with van der Waals surface area (Å²) in [4.78, 5) is 6.00. The van der Waals surface area contributed by atoms with Gasteiger partial charge in [-0.1, -0.05) is 20.3 Å². The van der Waals surface area contributed by atoms with E-state index in [1.807, 2.05) is 17.5 Å². The fourth-order valence-corrected chi connectivity index (χ4v) is 3.88. The molecule has 0 amide bonds. The van der Waals surface area contributed by atoms with Crippen LogP contribution < -0.4 is 0 Å². The van der Waals surface area contributed by atoms with E-state index < -0.39 is 0 Å². The first kappa shape index (κ1) is 13.0. The zero-order valence-corrected chi connectivity index (χ0v) is 12.0. The molecule has 17 heavy (non-hydrogen) atoms. The first-order valence-corrected chi connectivity index (χ1v) is 7.61. The molecule has 1 saturated carbocycles. The van der Waals surface area contributed by atoms with Crippen LogP contribution in [0, 0.1) is 5.92 Å². The molecule has 1 aliphatic carbocycles. The summed E-state index contributed by atoms with van der Waals surface area (Å²) in [7, 11) is 0. The van der Waals surface area contributed by atoms with E-state index in [9.17, 15) is 0 Å². The van der Waals surface area contributed by atoms with Crippen LogP contribution in [0.3, 0.4) is 0 Å². The second kappa shape index (κ2) is 5.49. The zero-order valence-electron chi connectivity index (χ0n) is 11.2. The van der Waals surface area contributed by atoms with Crippen molar-refractivity contribution < 1.29 is 4.74 Å². The van der Waals surface area contributed by atoms with Crippen molar-refractivity contribution >= 4 is 11.3 Å². The minimum Gasteiger partial charge on any atom is -0.368 e. The van der Waals surface area contributed by atoms with Crippen molar-refractivity contribution in [1.82, 2.24) is 4.98 Å². The van der Waals surface area contributed by atoms with E-state index in [1.54, 1.807) is 0 Å². The lowest BCUT2D eigenvalue weighted by Crippen LogP contribution is -2.35. The van der Waals surface area contributed by atoms with E-state index in [1.165, 1.54) is 22.7 Å². The van der Waals surface area contributed by atoms with Gasteiger partial charge in [0.05, 0.1) is 0 Å². The number of thiazole rings is 1. The second-order valence-electron chi connectivity index (χ2n) is 5.11. The summed E-state index contributed by atoms with van der Waals surface area (Å²) < 4.78 is 6.13. The van der Waals surface area contributed by atoms with Crippen LogP contribution in [0.5, 0.6) is 0 Å². The summed E-state index contributed by atoms with van der Waals surface area (Å²) in [5, 5.41) is 1.21. The Kier molecular flexibility index (Phi) is 4.21. The van der Waals surface area contributed by atoms with Gasteiger partial charge in [0.2, 0.25) is 0 Å². The molecule has 1 fully saturated rings. The standard InChI is InChI=1S/C14H23NOS/c1-4-12-10-15-13(17-12)14(16-5-2)8-6-7-11(3)9-14/h10-11H,4-9H2,1-3H3. The van der Waals surface area contributed by atoms with Gasteiger partial charge in [-0.25, -0.2) is 4.98 Å². The van der Waals surface area contributed by atoms with Gasteiger partial charge in [0.15, 0.2) is 0 Å². The Morgan fingerprint density at radius 2 is 2.35 bits per heavy atom. The topological polar surface area (TPSA) is 22.1 Å². The number of aromatic nitrogens is 1. The lowest BCUT2D eigenvalue weighted by Gasteiger charge is -2.38. The molecule has 0 spiro atoms. The summed E-state index contributed by atoms with van der Waals surface area (Å²) in [5.74, 6) is 0.754. The molecular weight excluding hydrogens is 230 g/mol. The van der Waals surface area contributed by atoms with E-state index in [2.05, 4.69) is 25.8 Å². The third kappa shape index (κ3) is 2.71. The number of aryl methyl sites for hydroxylation is 1.